The van der Waals surface area contributed by atoms with Crippen LogP contribution in [0, 0.1) is 5.92 Å². The number of hydrogen-bond acceptors (Lipinski definition) is 0. The first kappa shape index (κ1) is 13.9. The van der Waals surface area contributed by atoms with Crippen LogP contribution in [0.15, 0.2) is 24.3 Å². The summed E-state index contributed by atoms with van der Waals surface area (Å²) in [4.78, 5) is 0. The van der Waals surface area contributed by atoms with Crippen LogP contribution in [-0.2, 0) is 6.42 Å². The summed E-state index contributed by atoms with van der Waals surface area (Å²) >= 11 is 6.58. The van der Waals surface area contributed by atoms with Gasteiger partial charge >= 0.3 is 0 Å². The molecule has 1 heteroatoms. The van der Waals surface area contributed by atoms with E-state index in [4.69, 9.17) is 11.6 Å². The van der Waals surface area contributed by atoms with Gasteiger partial charge in [-0.05, 0) is 36.3 Å². The van der Waals surface area contributed by atoms with Gasteiger partial charge in [0.05, 0.1) is 0 Å². The number of rotatable bonds is 3. The van der Waals surface area contributed by atoms with E-state index < -0.39 is 0 Å². The predicted octanol–water partition coefficient (Wildman–Crippen LogP) is 5.54. The van der Waals surface area contributed by atoms with E-state index in [1.807, 2.05) is 0 Å². The molecule has 0 nitrogen and oxygen atoms in total. The van der Waals surface area contributed by atoms with Crippen LogP contribution in [-0.4, -0.2) is 5.38 Å². The van der Waals surface area contributed by atoms with Crippen LogP contribution >= 0.6 is 11.6 Å². The lowest BCUT2D eigenvalue weighted by atomic mass is 9.89. The summed E-state index contributed by atoms with van der Waals surface area (Å²) in [5.74, 6) is 1.29. The van der Waals surface area contributed by atoms with E-state index in [9.17, 15) is 0 Å². The lowest BCUT2D eigenvalue weighted by molar-refractivity contribution is 0.596. The molecule has 0 amide bonds. The van der Waals surface area contributed by atoms with E-state index in [0.717, 1.165) is 5.92 Å². The summed E-state index contributed by atoms with van der Waals surface area (Å²) in [5, 5.41) is 0.335. The summed E-state index contributed by atoms with van der Waals surface area (Å²) in [7, 11) is 0. The maximum Gasteiger partial charge on any atom is 0.0404 e. The average molecular weight is 265 g/mol. The van der Waals surface area contributed by atoms with Crippen LogP contribution in [0.25, 0.3) is 0 Å². The van der Waals surface area contributed by atoms with Crippen LogP contribution < -0.4 is 0 Å². The monoisotopic (exact) mass is 264 g/mol. The molecule has 0 heterocycles. The Balaban J connectivity index is 2.15. The summed E-state index contributed by atoms with van der Waals surface area (Å²) in [6.45, 7) is 4.56. The third-order valence-corrected chi connectivity index (χ3v) is 4.48. The standard InChI is InChI=1S/C17H25Cl/c1-13(2)11-14-7-6-8-15(12-14)16-9-4-3-5-10-17(16)18/h6-8,12-13,16-17H,3-5,9-11H2,1-2H3. The van der Waals surface area contributed by atoms with Crippen molar-refractivity contribution >= 4 is 11.6 Å². The molecule has 0 aromatic heterocycles. The molecule has 2 unspecified atom stereocenters. The highest BCUT2D eigenvalue weighted by Crippen LogP contribution is 2.35. The maximum atomic E-state index is 6.58. The Morgan fingerprint density at radius 2 is 1.94 bits per heavy atom. The van der Waals surface area contributed by atoms with Gasteiger partial charge in [-0.1, -0.05) is 57.4 Å². The van der Waals surface area contributed by atoms with Crippen molar-refractivity contribution in [3.05, 3.63) is 35.4 Å². The van der Waals surface area contributed by atoms with Gasteiger partial charge in [0.1, 0.15) is 0 Å². The van der Waals surface area contributed by atoms with Gasteiger partial charge < -0.3 is 0 Å². The second-order valence-corrected chi connectivity index (χ2v) is 6.66. The van der Waals surface area contributed by atoms with Crippen LogP contribution in [0.4, 0.5) is 0 Å². The first-order valence-corrected chi connectivity index (χ1v) is 7.83. The molecule has 0 bridgehead atoms. The van der Waals surface area contributed by atoms with Crippen molar-refractivity contribution in [3.63, 3.8) is 0 Å². The molecule has 0 saturated heterocycles. The van der Waals surface area contributed by atoms with E-state index in [1.165, 1.54) is 49.7 Å². The van der Waals surface area contributed by atoms with Crippen LogP contribution in [0.3, 0.4) is 0 Å². The maximum absolute atomic E-state index is 6.58. The molecule has 1 saturated carbocycles. The molecule has 1 aromatic carbocycles. The molecule has 0 N–H and O–H groups in total. The van der Waals surface area contributed by atoms with Gasteiger partial charge in [-0.3, -0.25) is 0 Å². The molecule has 2 atom stereocenters. The molecular formula is C17H25Cl. The Morgan fingerprint density at radius 3 is 2.72 bits per heavy atom. The third-order valence-electron chi connectivity index (χ3n) is 3.95. The summed E-state index contributed by atoms with van der Waals surface area (Å²) in [6, 6.07) is 9.13. The molecule has 1 aliphatic carbocycles. The van der Waals surface area contributed by atoms with Gasteiger partial charge in [0.2, 0.25) is 0 Å². The molecule has 1 fully saturated rings. The first-order valence-electron chi connectivity index (χ1n) is 7.39. The molecule has 100 valence electrons. The zero-order valence-electron chi connectivity index (χ0n) is 11.7. The Morgan fingerprint density at radius 1 is 1.17 bits per heavy atom. The first-order chi connectivity index (χ1) is 8.66. The minimum atomic E-state index is 0.335. The van der Waals surface area contributed by atoms with Crippen molar-refractivity contribution in [2.45, 2.75) is 63.7 Å². The van der Waals surface area contributed by atoms with Gasteiger partial charge in [-0.15, -0.1) is 11.6 Å². The zero-order chi connectivity index (χ0) is 13.0. The average Bonchev–Trinajstić information content (AvgIpc) is 2.53. The van der Waals surface area contributed by atoms with Gasteiger partial charge in [0.15, 0.2) is 0 Å². The summed E-state index contributed by atoms with van der Waals surface area (Å²) < 4.78 is 0. The molecule has 0 spiro atoms. The Bertz CT molecular complexity index is 370. The summed E-state index contributed by atoms with van der Waals surface area (Å²) in [6.07, 6.45) is 7.61. The molecule has 1 aliphatic rings. The smallest absolute Gasteiger partial charge is 0.0404 e. The van der Waals surface area contributed by atoms with Crippen LogP contribution in [0.1, 0.15) is 63.0 Å². The lowest BCUT2D eigenvalue weighted by Gasteiger charge is -2.21. The highest BCUT2D eigenvalue weighted by Gasteiger charge is 2.23. The van der Waals surface area contributed by atoms with Crippen molar-refractivity contribution in [1.29, 1.82) is 0 Å². The highest BCUT2D eigenvalue weighted by atomic mass is 35.5. The number of benzene rings is 1. The van der Waals surface area contributed by atoms with E-state index in [-0.39, 0.29) is 0 Å². The fourth-order valence-electron chi connectivity index (χ4n) is 3.06. The SMILES string of the molecule is CC(C)Cc1cccc(C2CCCCCC2Cl)c1. The molecular weight excluding hydrogens is 240 g/mol. The number of halogens is 1. The van der Waals surface area contributed by atoms with Crippen molar-refractivity contribution in [2.24, 2.45) is 5.92 Å². The van der Waals surface area contributed by atoms with Gasteiger partial charge in [0.25, 0.3) is 0 Å². The summed E-state index contributed by atoms with van der Waals surface area (Å²) in [5.41, 5.74) is 2.94. The minimum absolute atomic E-state index is 0.335. The van der Waals surface area contributed by atoms with E-state index in [2.05, 4.69) is 38.1 Å². The fraction of sp³-hybridized carbons (Fsp3) is 0.647. The molecule has 18 heavy (non-hydrogen) atoms. The van der Waals surface area contributed by atoms with E-state index >= 15 is 0 Å². The second kappa shape index (κ2) is 6.61. The molecule has 1 aromatic rings. The van der Waals surface area contributed by atoms with Crippen LogP contribution in [0.2, 0.25) is 0 Å². The van der Waals surface area contributed by atoms with Gasteiger partial charge in [0, 0.05) is 11.3 Å². The van der Waals surface area contributed by atoms with Gasteiger partial charge in [-0.25, -0.2) is 0 Å². The normalized spacial score (nSPS) is 25.1. The minimum Gasteiger partial charge on any atom is -0.122 e. The van der Waals surface area contributed by atoms with Gasteiger partial charge in [-0.2, -0.15) is 0 Å². The molecule has 0 radical (unpaired) electrons. The Labute approximate surface area is 117 Å². The predicted molar refractivity (Wildman–Crippen MR) is 80.5 cm³/mol. The Hall–Kier alpha value is -0.490. The van der Waals surface area contributed by atoms with Crippen molar-refractivity contribution in [2.75, 3.05) is 0 Å². The second-order valence-electron chi connectivity index (χ2n) is 6.10. The van der Waals surface area contributed by atoms with Crippen molar-refractivity contribution < 1.29 is 0 Å². The van der Waals surface area contributed by atoms with E-state index in [0.29, 0.717) is 11.3 Å². The number of alkyl halides is 1. The highest BCUT2D eigenvalue weighted by molar-refractivity contribution is 6.21. The Kier molecular flexibility index (Phi) is 5.12. The zero-order valence-corrected chi connectivity index (χ0v) is 12.4. The molecule has 0 aliphatic heterocycles. The van der Waals surface area contributed by atoms with Crippen molar-refractivity contribution in [1.82, 2.24) is 0 Å². The third kappa shape index (κ3) is 3.75. The van der Waals surface area contributed by atoms with E-state index in [1.54, 1.807) is 0 Å². The topological polar surface area (TPSA) is 0 Å². The van der Waals surface area contributed by atoms with Crippen LogP contribution in [0.5, 0.6) is 0 Å². The largest absolute Gasteiger partial charge is 0.122 e. The fourth-order valence-corrected chi connectivity index (χ4v) is 3.49. The quantitative estimate of drug-likeness (QED) is 0.497. The number of hydrogen-bond donors (Lipinski definition) is 0. The van der Waals surface area contributed by atoms with Crippen molar-refractivity contribution in [3.8, 4) is 0 Å². The molecule has 2 rings (SSSR count). The lowest BCUT2D eigenvalue weighted by Crippen LogP contribution is -2.11.